The molecule has 92 valence electrons. The van der Waals surface area contributed by atoms with Crippen LogP contribution in [0.1, 0.15) is 12.5 Å². The standard InChI is InChI=1S/C12H15FN2O2/c1-9(16)14-6-7-15-12(17)8-10-2-4-11(13)5-3-10/h2-5H,6-8H2,1H3,(H,14,16)(H,15,17). The topological polar surface area (TPSA) is 58.2 Å². The van der Waals surface area contributed by atoms with Crippen molar-refractivity contribution >= 4 is 11.8 Å². The SMILES string of the molecule is CC(=O)NCCNC(=O)Cc1ccc(F)cc1. The van der Waals surface area contributed by atoms with Crippen LogP contribution in [-0.4, -0.2) is 24.9 Å². The highest BCUT2D eigenvalue weighted by Crippen LogP contribution is 2.03. The van der Waals surface area contributed by atoms with E-state index in [2.05, 4.69) is 10.6 Å². The summed E-state index contributed by atoms with van der Waals surface area (Å²) in [5.41, 5.74) is 0.753. The van der Waals surface area contributed by atoms with Crippen molar-refractivity contribution in [3.05, 3.63) is 35.6 Å². The molecule has 2 amide bonds. The first-order valence-electron chi connectivity index (χ1n) is 5.33. The van der Waals surface area contributed by atoms with E-state index in [-0.39, 0.29) is 24.1 Å². The number of rotatable bonds is 5. The fraction of sp³-hybridized carbons (Fsp3) is 0.333. The zero-order valence-electron chi connectivity index (χ0n) is 9.63. The molecule has 1 aromatic carbocycles. The van der Waals surface area contributed by atoms with Gasteiger partial charge in [0.2, 0.25) is 11.8 Å². The molecule has 0 radical (unpaired) electrons. The number of halogens is 1. The monoisotopic (exact) mass is 238 g/mol. The second kappa shape index (κ2) is 6.62. The maximum atomic E-state index is 12.6. The number of amides is 2. The minimum Gasteiger partial charge on any atom is -0.355 e. The summed E-state index contributed by atoms with van der Waals surface area (Å²) in [6, 6.07) is 5.78. The molecule has 0 aliphatic carbocycles. The number of nitrogens with one attached hydrogen (secondary N) is 2. The molecule has 0 bridgehead atoms. The van der Waals surface area contributed by atoms with Gasteiger partial charge in [0.15, 0.2) is 0 Å². The highest BCUT2D eigenvalue weighted by Gasteiger charge is 2.02. The van der Waals surface area contributed by atoms with Gasteiger partial charge >= 0.3 is 0 Å². The second-order valence-electron chi connectivity index (χ2n) is 3.64. The quantitative estimate of drug-likeness (QED) is 0.739. The molecular weight excluding hydrogens is 223 g/mol. The van der Waals surface area contributed by atoms with Crippen molar-refractivity contribution in [3.8, 4) is 0 Å². The van der Waals surface area contributed by atoms with Crippen LogP contribution in [0.5, 0.6) is 0 Å². The predicted octanol–water partition coefficient (Wildman–Crippen LogP) is 0.620. The summed E-state index contributed by atoms with van der Waals surface area (Å²) in [7, 11) is 0. The summed E-state index contributed by atoms with van der Waals surface area (Å²) in [4.78, 5) is 22.0. The molecule has 0 fully saturated rings. The summed E-state index contributed by atoms with van der Waals surface area (Å²) in [6.07, 6.45) is 0.209. The van der Waals surface area contributed by atoms with Crippen molar-refractivity contribution in [2.24, 2.45) is 0 Å². The molecule has 0 saturated carbocycles. The molecule has 0 heterocycles. The van der Waals surface area contributed by atoms with Gasteiger partial charge in [-0.3, -0.25) is 9.59 Å². The number of carbonyl (C=O) groups excluding carboxylic acids is 2. The fourth-order valence-corrected chi connectivity index (χ4v) is 1.29. The molecule has 0 aliphatic heterocycles. The summed E-state index contributed by atoms with van der Waals surface area (Å²) in [6.45, 7) is 2.21. The zero-order chi connectivity index (χ0) is 12.7. The van der Waals surface area contributed by atoms with E-state index in [1.807, 2.05) is 0 Å². The lowest BCUT2D eigenvalue weighted by atomic mass is 10.1. The Hall–Kier alpha value is -1.91. The Balaban J connectivity index is 2.25. The van der Waals surface area contributed by atoms with E-state index in [1.54, 1.807) is 12.1 Å². The van der Waals surface area contributed by atoms with Gasteiger partial charge in [-0.2, -0.15) is 0 Å². The Morgan fingerprint density at radius 3 is 2.29 bits per heavy atom. The van der Waals surface area contributed by atoms with Crippen LogP contribution in [0.2, 0.25) is 0 Å². The van der Waals surface area contributed by atoms with Gasteiger partial charge in [0.05, 0.1) is 6.42 Å². The Morgan fingerprint density at radius 2 is 1.71 bits per heavy atom. The molecule has 1 rings (SSSR count). The lowest BCUT2D eigenvalue weighted by Gasteiger charge is -2.05. The Labute approximate surface area is 99.2 Å². The largest absolute Gasteiger partial charge is 0.355 e. The lowest BCUT2D eigenvalue weighted by Crippen LogP contribution is -2.34. The molecule has 0 atom stereocenters. The van der Waals surface area contributed by atoms with Crippen molar-refractivity contribution in [1.29, 1.82) is 0 Å². The molecule has 0 aliphatic rings. The fourth-order valence-electron chi connectivity index (χ4n) is 1.29. The van der Waals surface area contributed by atoms with Gasteiger partial charge in [0.25, 0.3) is 0 Å². The number of carbonyl (C=O) groups is 2. The average Bonchev–Trinajstić information content (AvgIpc) is 2.27. The maximum absolute atomic E-state index is 12.6. The smallest absolute Gasteiger partial charge is 0.224 e. The Morgan fingerprint density at radius 1 is 1.12 bits per heavy atom. The normalized spacial score (nSPS) is 9.76. The molecule has 5 heteroatoms. The summed E-state index contributed by atoms with van der Waals surface area (Å²) in [5.74, 6) is -0.598. The maximum Gasteiger partial charge on any atom is 0.224 e. The third-order valence-corrected chi connectivity index (χ3v) is 2.10. The van der Waals surface area contributed by atoms with Gasteiger partial charge < -0.3 is 10.6 Å². The first kappa shape index (κ1) is 13.2. The van der Waals surface area contributed by atoms with Crippen molar-refractivity contribution in [3.63, 3.8) is 0 Å². The molecule has 17 heavy (non-hydrogen) atoms. The first-order valence-corrected chi connectivity index (χ1v) is 5.33. The number of benzene rings is 1. The van der Waals surface area contributed by atoms with E-state index in [0.717, 1.165) is 5.56 Å². The van der Waals surface area contributed by atoms with Crippen LogP contribution < -0.4 is 10.6 Å². The van der Waals surface area contributed by atoms with Gasteiger partial charge in [-0.1, -0.05) is 12.1 Å². The average molecular weight is 238 g/mol. The summed E-state index contributed by atoms with van der Waals surface area (Å²) >= 11 is 0. The van der Waals surface area contributed by atoms with Crippen molar-refractivity contribution < 1.29 is 14.0 Å². The molecule has 0 saturated heterocycles. The predicted molar refractivity (Wildman–Crippen MR) is 61.8 cm³/mol. The minimum absolute atomic E-state index is 0.127. The van der Waals surface area contributed by atoms with E-state index in [4.69, 9.17) is 0 Å². The number of hydrogen-bond acceptors (Lipinski definition) is 2. The van der Waals surface area contributed by atoms with Crippen LogP contribution in [0, 0.1) is 5.82 Å². The Kier molecular flexibility index (Phi) is 5.13. The molecule has 0 spiro atoms. The van der Waals surface area contributed by atoms with Gasteiger partial charge in [-0.25, -0.2) is 4.39 Å². The van der Waals surface area contributed by atoms with Crippen molar-refractivity contribution in [2.75, 3.05) is 13.1 Å². The van der Waals surface area contributed by atoms with Gasteiger partial charge in [0.1, 0.15) is 5.82 Å². The number of hydrogen-bond donors (Lipinski definition) is 2. The van der Waals surface area contributed by atoms with Gasteiger partial charge in [0, 0.05) is 20.0 Å². The molecule has 1 aromatic rings. The summed E-state index contributed by atoms with van der Waals surface area (Å²) < 4.78 is 12.6. The van der Waals surface area contributed by atoms with Crippen LogP contribution in [-0.2, 0) is 16.0 Å². The second-order valence-corrected chi connectivity index (χ2v) is 3.64. The van der Waals surface area contributed by atoms with Crippen molar-refractivity contribution in [1.82, 2.24) is 10.6 Å². The van der Waals surface area contributed by atoms with Gasteiger partial charge in [-0.05, 0) is 17.7 Å². The molecule has 4 nitrogen and oxygen atoms in total. The molecule has 0 unspecified atom stereocenters. The van der Waals surface area contributed by atoms with E-state index in [0.29, 0.717) is 13.1 Å². The molecule has 0 aromatic heterocycles. The van der Waals surface area contributed by atoms with Crippen LogP contribution >= 0.6 is 0 Å². The molecular formula is C12H15FN2O2. The van der Waals surface area contributed by atoms with Crippen LogP contribution in [0.3, 0.4) is 0 Å². The highest BCUT2D eigenvalue weighted by molar-refractivity contribution is 5.78. The van der Waals surface area contributed by atoms with Crippen LogP contribution in [0.15, 0.2) is 24.3 Å². The van der Waals surface area contributed by atoms with E-state index in [9.17, 15) is 14.0 Å². The van der Waals surface area contributed by atoms with Crippen LogP contribution in [0.4, 0.5) is 4.39 Å². The van der Waals surface area contributed by atoms with Gasteiger partial charge in [-0.15, -0.1) is 0 Å². The third-order valence-electron chi connectivity index (χ3n) is 2.10. The summed E-state index contributed by atoms with van der Waals surface area (Å²) in [5, 5.41) is 5.22. The first-order chi connectivity index (χ1) is 8.08. The van der Waals surface area contributed by atoms with E-state index >= 15 is 0 Å². The molecule has 2 N–H and O–H groups in total. The third kappa shape index (κ3) is 5.65. The zero-order valence-corrected chi connectivity index (χ0v) is 9.63. The minimum atomic E-state index is -0.320. The van der Waals surface area contributed by atoms with E-state index < -0.39 is 0 Å². The van der Waals surface area contributed by atoms with Crippen LogP contribution in [0.25, 0.3) is 0 Å². The lowest BCUT2D eigenvalue weighted by molar-refractivity contribution is -0.121. The highest BCUT2D eigenvalue weighted by atomic mass is 19.1. The van der Waals surface area contributed by atoms with E-state index in [1.165, 1.54) is 19.1 Å². The Bertz CT molecular complexity index is 390. The van der Waals surface area contributed by atoms with Crippen molar-refractivity contribution in [2.45, 2.75) is 13.3 Å².